The molecule has 2 N–H and O–H groups in total. The molecule has 0 heterocycles. The number of benzene rings is 1. The Bertz CT molecular complexity index is 447. The summed E-state index contributed by atoms with van der Waals surface area (Å²) in [6, 6.07) is 7.54. The standard InChI is InChI=1S/C19H32N2/c1-14(2)12-21(17-7-5-6-8-17)13-19(20)18-10-9-15(3)11-16(18)4/h9-11,14,17,19H,5-8,12-13,20H2,1-4H3. The SMILES string of the molecule is Cc1ccc(C(N)CN(CC(C)C)C2CCCC2)c(C)c1. The van der Waals surface area contributed by atoms with Crippen LogP contribution in [-0.4, -0.2) is 24.0 Å². The molecule has 0 saturated heterocycles. The maximum atomic E-state index is 6.55. The van der Waals surface area contributed by atoms with Crippen LogP contribution in [0.15, 0.2) is 18.2 Å². The number of hydrogen-bond donors (Lipinski definition) is 1. The van der Waals surface area contributed by atoms with E-state index in [0.717, 1.165) is 12.6 Å². The highest BCUT2D eigenvalue weighted by molar-refractivity contribution is 5.32. The Kier molecular flexibility index (Phi) is 5.83. The molecule has 1 aromatic carbocycles. The van der Waals surface area contributed by atoms with Crippen molar-refractivity contribution >= 4 is 0 Å². The summed E-state index contributed by atoms with van der Waals surface area (Å²) in [5, 5.41) is 0. The molecule has 0 radical (unpaired) electrons. The molecule has 0 amide bonds. The van der Waals surface area contributed by atoms with Gasteiger partial charge in [0.15, 0.2) is 0 Å². The lowest BCUT2D eigenvalue weighted by Crippen LogP contribution is -2.41. The highest BCUT2D eigenvalue weighted by atomic mass is 15.2. The number of nitrogens with two attached hydrogens (primary N) is 1. The Morgan fingerprint density at radius 1 is 1.14 bits per heavy atom. The first-order valence-electron chi connectivity index (χ1n) is 8.54. The Labute approximate surface area is 130 Å². The summed E-state index contributed by atoms with van der Waals surface area (Å²) in [5.74, 6) is 0.705. The zero-order valence-electron chi connectivity index (χ0n) is 14.2. The zero-order valence-corrected chi connectivity index (χ0v) is 14.2. The molecule has 21 heavy (non-hydrogen) atoms. The molecule has 118 valence electrons. The van der Waals surface area contributed by atoms with Gasteiger partial charge in [0.1, 0.15) is 0 Å². The second-order valence-electron chi connectivity index (χ2n) is 7.25. The van der Waals surface area contributed by atoms with Crippen molar-refractivity contribution in [3.63, 3.8) is 0 Å². The van der Waals surface area contributed by atoms with Crippen LogP contribution in [0.4, 0.5) is 0 Å². The predicted octanol–water partition coefficient (Wildman–Crippen LogP) is 4.20. The molecule has 0 spiro atoms. The van der Waals surface area contributed by atoms with Gasteiger partial charge < -0.3 is 5.73 Å². The van der Waals surface area contributed by atoms with E-state index in [4.69, 9.17) is 5.73 Å². The third-order valence-corrected chi connectivity index (χ3v) is 4.70. The van der Waals surface area contributed by atoms with Gasteiger partial charge >= 0.3 is 0 Å². The Hall–Kier alpha value is -0.860. The van der Waals surface area contributed by atoms with Crippen molar-refractivity contribution in [1.82, 2.24) is 4.90 Å². The van der Waals surface area contributed by atoms with E-state index < -0.39 is 0 Å². The van der Waals surface area contributed by atoms with Gasteiger partial charge in [-0.25, -0.2) is 0 Å². The largest absolute Gasteiger partial charge is 0.323 e. The van der Waals surface area contributed by atoms with E-state index in [2.05, 4.69) is 50.8 Å². The second kappa shape index (κ2) is 7.42. The van der Waals surface area contributed by atoms with Gasteiger partial charge in [-0.2, -0.15) is 0 Å². The maximum Gasteiger partial charge on any atom is 0.0427 e. The molecule has 1 aliphatic rings. The van der Waals surface area contributed by atoms with Crippen LogP contribution in [0.25, 0.3) is 0 Å². The first kappa shape index (κ1) is 16.5. The average molecular weight is 288 g/mol. The van der Waals surface area contributed by atoms with E-state index in [1.54, 1.807) is 0 Å². The Balaban J connectivity index is 2.07. The normalized spacial score (nSPS) is 17.9. The molecule has 1 unspecified atom stereocenters. The fraction of sp³-hybridized carbons (Fsp3) is 0.684. The van der Waals surface area contributed by atoms with Crippen molar-refractivity contribution in [1.29, 1.82) is 0 Å². The quantitative estimate of drug-likeness (QED) is 0.850. The summed E-state index contributed by atoms with van der Waals surface area (Å²) in [6.07, 6.45) is 5.48. The van der Waals surface area contributed by atoms with E-state index in [1.807, 2.05) is 0 Å². The minimum Gasteiger partial charge on any atom is -0.323 e. The number of nitrogens with zero attached hydrogens (tertiary/aromatic N) is 1. The van der Waals surface area contributed by atoms with Gasteiger partial charge in [-0.1, -0.05) is 50.5 Å². The summed E-state index contributed by atoms with van der Waals surface area (Å²) >= 11 is 0. The molecule has 1 aliphatic carbocycles. The van der Waals surface area contributed by atoms with Crippen molar-refractivity contribution < 1.29 is 0 Å². The van der Waals surface area contributed by atoms with E-state index >= 15 is 0 Å². The fourth-order valence-corrected chi connectivity index (χ4v) is 3.70. The first-order valence-corrected chi connectivity index (χ1v) is 8.54. The fourth-order valence-electron chi connectivity index (χ4n) is 3.70. The minimum absolute atomic E-state index is 0.130. The molecule has 0 aromatic heterocycles. The average Bonchev–Trinajstić information content (AvgIpc) is 2.90. The van der Waals surface area contributed by atoms with Crippen LogP contribution in [0.2, 0.25) is 0 Å². The van der Waals surface area contributed by atoms with Crippen molar-refractivity contribution in [3.8, 4) is 0 Å². The molecule has 0 bridgehead atoms. The molecule has 2 nitrogen and oxygen atoms in total. The lowest BCUT2D eigenvalue weighted by atomic mass is 9.98. The van der Waals surface area contributed by atoms with E-state index in [0.29, 0.717) is 5.92 Å². The van der Waals surface area contributed by atoms with Gasteiger partial charge in [0.05, 0.1) is 0 Å². The van der Waals surface area contributed by atoms with E-state index in [1.165, 1.54) is 48.9 Å². The van der Waals surface area contributed by atoms with Gasteiger partial charge in [-0.3, -0.25) is 4.90 Å². The molecule has 1 fully saturated rings. The maximum absolute atomic E-state index is 6.55. The molecule has 1 atom stereocenters. The van der Waals surface area contributed by atoms with Crippen LogP contribution in [-0.2, 0) is 0 Å². The van der Waals surface area contributed by atoms with Gasteiger partial charge in [0.2, 0.25) is 0 Å². The number of aryl methyl sites for hydroxylation is 2. The van der Waals surface area contributed by atoms with Gasteiger partial charge in [-0.15, -0.1) is 0 Å². The van der Waals surface area contributed by atoms with Crippen molar-refractivity contribution in [3.05, 3.63) is 34.9 Å². The van der Waals surface area contributed by atoms with Crippen LogP contribution in [0.1, 0.15) is 62.3 Å². The van der Waals surface area contributed by atoms with Crippen LogP contribution in [0.5, 0.6) is 0 Å². The Morgan fingerprint density at radius 3 is 2.38 bits per heavy atom. The van der Waals surface area contributed by atoms with Crippen molar-refractivity contribution in [2.45, 2.75) is 65.5 Å². The monoisotopic (exact) mass is 288 g/mol. The topological polar surface area (TPSA) is 29.3 Å². The van der Waals surface area contributed by atoms with Gasteiger partial charge in [0, 0.05) is 25.2 Å². The highest BCUT2D eigenvalue weighted by Gasteiger charge is 2.25. The predicted molar refractivity (Wildman–Crippen MR) is 91.5 cm³/mol. The lowest BCUT2D eigenvalue weighted by molar-refractivity contribution is 0.166. The van der Waals surface area contributed by atoms with Crippen LogP contribution < -0.4 is 5.73 Å². The van der Waals surface area contributed by atoms with Crippen molar-refractivity contribution in [2.75, 3.05) is 13.1 Å². The van der Waals surface area contributed by atoms with Crippen LogP contribution in [0.3, 0.4) is 0 Å². The summed E-state index contributed by atoms with van der Waals surface area (Å²) in [5.41, 5.74) is 10.5. The third-order valence-electron chi connectivity index (χ3n) is 4.70. The smallest absolute Gasteiger partial charge is 0.0427 e. The Morgan fingerprint density at radius 2 is 1.81 bits per heavy atom. The summed E-state index contributed by atoms with van der Waals surface area (Å²) < 4.78 is 0. The van der Waals surface area contributed by atoms with Crippen molar-refractivity contribution in [2.24, 2.45) is 11.7 Å². The minimum atomic E-state index is 0.130. The second-order valence-corrected chi connectivity index (χ2v) is 7.25. The molecular formula is C19H32N2. The molecule has 1 saturated carbocycles. The summed E-state index contributed by atoms with van der Waals surface area (Å²) in [6.45, 7) is 11.1. The number of hydrogen-bond acceptors (Lipinski definition) is 2. The molecule has 0 aliphatic heterocycles. The molecule has 1 aromatic rings. The highest BCUT2D eigenvalue weighted by Crippen LogP contribution is 2.26. The first-order chi connectivity index (χ1) is 9.97. The number of rotatable bonds is 6. The molecule has 2 rings (SSSR count). The summed E-state index contributed by atoms with van der Waals surface area (Å²) in [4.78, 5) is 2.65. The van der Waals surface area contributed by atoms with Crippen LogP contribution in [0, 0.1) is 19.8 Å². The third kappa shape index (κ3) is 4.55. The molecular weight excluding hydrogens is 256 g/mol. The van der Waals surface area contributed by atoms with Gasteiger partial charge in [-0.05, 0) is 43.7 Å². The van der Waals surface area contributed by atoms with E-state index in [9.17, 15) is 0 Å². The zero-order chi connectivity index (χ0) is 15.4. The van der Waals surface area contributed by atoms with Gasteiger partial charge in [0.25, 0.3) is 0 Å². The van der Waals surface area contributed by atoms with Crippen LogP contribution >= 0.6 is 0 Å². The van der Waals surface area contributed by atoms with E-state index in [-0.39, 0.29) is 6.04 Å². The summed E-state index contributed by atoms with van der Waals surface area (Å²) in [7, 11) is 0. The molecule has 2 heteroatoms. The lowest BCUT2D eigenvalue weighted by Gasteiger charge is -2.33.